The minimum Gasteiger partial charge on any atom is -0.425 e. The van der Waals surface area contributed by atoms with Crippen molar-refractivity contribution in [2.45, 2.75) is 60.0 Å². The number of aromatic amines is 1. The number of halogens is 13. The van der Waals surface area contributed by atoms with Gasteiger partial charge in [0, 0.05) is 32.5 Å². The number of benzene rings is 2. The van der Waals surface area contributed by atoms with Crippen molar-refractivity contribution in [1.29, 1.82) is 0 Å². The Hall–Kier alpha value is -5.08. The predicted molar refractivity (Wildman–Crippen MR) is 245 cm³/mol. The van der Waals surface area contributed by atoms with E-state index >= 15 is 0 Å². The van der Waals surface area contributed by atoms with Crippen LogP contribution in [0.5, 0.6) is 11.5 Å². The minimum atomic E-state index is -5.87. The Morgan fingerprint density at radius 2 is 1.20 bits per heavy atom. The van der Waals surface area contributed by atoms with Gasteiger partial charge in [0.1, 0.15) is 29.5 Å². The Morgan fingerprint density at radius 1 is 0.739 bits per heavy atom. The lowest BCUT2D eigenvalue weighted by molar-refractivity contribution is -0.138. The van der Waals surface area contributed by atoms with E-state index in [4.69, 9.17) is 32.7 Å². The zero-order chi connectivity index (χ0) is 51.2. The summed E-state index contributed by atoms with van der Waals surface area (Å²) in [5.74, 6) is -4.23. The van der Waals surface area contributed by atoms with Crippen molar-refractivity contribution in [3.05, 3.63) is 112 Å². The largest absolute Gasteiger partial charge is 0.523 e. The molecule has 0 fully saturated rings. The van der Waals surface area contributed by atoms with Gasteiger partial charge in [-0.25, -0.2) is 36.3 Å². The average molecular weight is 1170 g/mol. The number of hydrogen-bond donors (Lipinski definition) is 1. The van der Waals surface area contributed by atoms with Crippen molar-refractivity contribution in [2.75, 3.05) is 6.61 Å². The van der Waals surface area contributed by atoms with Crippen LogP contribution in [-0.2, 0) is 30.4 Å². The second-order valence-electron chi connectivity index (χ2n) is 14.1. The summed E-state index contributed by atoms with van der Waals surface area (Å²) in [4.78, 5) is 61.1. The summed E-state index contributed by atoms with van der Waals surface area (Å²) in [7, 11) is -5.87. The summed E-state index contributed by atoms with van der Waals surface area (Å²) in [5.41, 5.74) is -8.34. The SMILES string of the molecule is C.CC(C)C(=O)Oc1c(-c2c(F)ccc(Br)c2Cl)c(=O)[nH]c2ncccc12.CC(C)C(=O)Oc1c(-c2c(F)ccc(Br)c2Cl)c(=O)n(CC(F)F)c2ncccc12.O=S(=O)(OCC(F)F)C(F)(F)F. The highest BCUT2D eigenvalue weighted by molar-refractivity contribution is 9.10. The van der Waals surface area contributed by atoms with Gasteiger partial charge in [0.25, 0.3) is 24.0 Å². The number of aromatic nitrogens is 4. The summed E-state index contributed by atoms with van der Waals surface area (Å²) >= 11 is 18.9. The fourth-order valence-electron chi connectivity index (χ4n) is 5.47. The van der Waals surface area contributed by atoms with Crippen LogP contribution in [0.15, 0.2) is 79.5 Å². The van der Waals surface area contributed by atoms with Crippen molar-refractivity contribution in [3.63, 3.8) is 0 Å². The summed E-state index contributed by atoms with van der Waals surface area (Å²) in [6.07, 6.45) is -3.35. The first-order valence-corrected chi connectivity index (χ1v) is 22.6. The third-order valence-corrected chi connectivity index (χ3v) is 12.2. The zero-order valence-electron chi connectivity index (χ0n) is 34.8. The Balaban J connectivity index is 0.000000295. The molecule has 27 heteroatoms. The number of carbonyl (C=O) groups is 2. The quantitative estimate of drug-likeness (QED) is 0.0429. The van der Waals surface area contributed by atoms with Gasteiger partial charge >= 0.3 is 27.6 Å². The van der Waals surface area contributed by atoms with E-state index in [0.29, 0.717) is 9.86 Å². The number of H-pyrrole nitrogens is 1. The maximum Gasteiger partial charge on any atom is 0.523 e. The van der Waals surface area contributed by atoms with Gasteiger partial charge in [0.2, 0.25) is 0 Å². The first kappa shape index (κ1) is 58.2. The van der Waals surface area contributed by atoms with Crippen LogP contribution in [0.2, 0.25) is 10.0 Å². The highest BCUT2D eigenvalue weighted by Crippen LogP contribution is 2.43. The summed E-state index contributed by atoms with van der Waals surface area (Å²) in [6.45, 7) is 3.69. The van der Waals surface area contributed by atoms with Crippen molar-refractivity contribution in [2.24, 2.45) is 11.8 Å². The van der Waals surface area contributed by atoms with Crippen LogP contribution in [0.3, 0.4) is 0 Å². The second-order valence-corrected chi connectivity index (χ2v) is 18.2. The number of pyridine rings is 4. The smallest absolute Gasteiger partial charge is 0.425 e. The summed E-state index contributed by atoms with van der Waals surface area (Å²) in [6, 6.07) is 11.2. The molecule has 6 rings (SSSR count). The third kappa shape index (κ3) is 13.8. The van der Waals surface area contributed by atoms with Crippen molar-refractivity contribution in [1.82, 2.24) is 19.5 Å². The maximum absolute atomic E-state index is 14.8. The minimum absolute atomic E-state index is 0. The number of alkyl halides is 7. The summed E-state index contributed by atoms with van der Waals surface area (Å²) in [5, 5.41) is 0.296. The Labute approximate surface area is 412 Å². The van der Waals surface area contributed by atoms with Gasteiger partial charge in [-0.15, -0.1) is 0 Å². The Morgan fingerprint density at radius 3 is 1.67 bits per heavy atom. The van der Waals surface area contributed by atoms with Crippen LogP contribution < -0.4 is 20.6 Å². The molecule has 4 aromatic heterocycles. The topological polar surface area (TPSA) is 177 Å². The fraction of sp³-hybridized carbons (Fsp3) is 0.286. The molecule has 374 valence electrons. The molecule has 0 aliphatic carbocycles. The van der Waals surface area contributed by atoms with Gasteiger partial charge in [-0.3, -0.25) is 27.9 Å². The summed E-state index contributed by atoms with van der Waals surface area (Å²) < 4.78 is 147. The van der Waals surface area contributed by atoms with E-state index in [2.05, 4.69) is 51.0 Å². The lowest BCUT2D eigenvalue weighted by Gasteiger charge is -2.19. The lowest BCUT2D eigenvalue weighted by Crippen LogP contribution is -2.28. The average Bonchev–Trinajstić information content (AvgIpc) is 3.26. The first-order valence-electron chi connectivity index (χ1n) is 18.9. The van der Waals surface area contributed by atoms with Gasteiger partial charge < -0.3 is 14.5 Å². The number of carbonyl (C=O) groups excluding carboxylic acids is 2. The van der Waals surface area contributed by atoms with Crippen LogP contribution in [0.1, 0.15) is 35.1 Å². The van der Waals surface area contributed by atoms with E-state index in [1.54, 1.807) is 39.8 Å². The number of rotatable bonds is 11. The highest BCUT2D eigenvalue weighted by Gasteiger charge is 2.47. The molecule has 0 unspecified atom stereocenters. The molecular weight excluding hydrogens is 1140 g/mol. The van der Waals surface area contributed by atoms with Crippen LogP contribution in [0.25, 0.3) is 44.3 Å². The van der Waals surface area contributed by atoms with E-state index in [1.165, 1.54) is 42.7 Å². The van der Waals surface area contributed by atoms with E-state index in [1.807, 2.05) is 0 Å². The normalized spacial score (nSPS) is 11.6. The van der Waals surface area contributed by atoms with E-state index < -0.39 is 93.7 Å². The van der Waals surface area contributed by atoms with Crippen molar-refractivity contribution in [3.8, 4) is 33.8 Å². The van der Waals surface area contributed by atoms with Gasteiger partial charge in [-0.05, 0) is 80.4 Å². The molecule has 0 aliphatic rings. The molecule has 0 saturated carbocycles. The monoisotopic (exact) mass is 1170 g/mol. The van der Waals surface area contributed by atoms with Gasteiger partial charge in [-0.1, -0.05) is 58.3 Å². The first-order chi connectivity index (χ1) is 31.6. The Kier molecular flexibility index (Phi) is 20.4. The predicted octanol–water partition coefficient (Wildman–Crippen LogP) is 11.9. The number of esters is 2. The molecule has 0 spiro atoms. The molecule has 0 radical (unpaired) electrons. The molecule has 13 nitrogen and oxygen atoms in total. The number of ether oxygens (including phenoxy) is 2. The third-order valence-electron chi connectivity index (χ3n) is 8.60. The number of hydrogen-bond acceptors (Lipinski definition) is 11. The van der Waals surface area contributed by atoms with Crippen molar-refractivity contribution >= 4 is 99.2 Å². The van der Waals surface area contributed by atoms with Crippen molar-refractivity contribution < 1.29 is 71.2 Å². The standard InChI is InChI=1S/C20H15BrClF3N2O3.C18H13BrClFN2O3.C3H3F5O3S.CH4/c1-9(2)20(29)30-17-10-4-3-7-26-18(10)27(8-13(24)25)19(28)15(17)14-12(23)6-5-11(21)16(14)22;1-8(2)18(25)26-15-9-4-3-7-22-16(9)23-17(24)13(15)12-11(21)6-5-10(19)14(12)20;4-2(5)1-11-12(9,10)3(6,7)8;/h3-7,9,13H,8H2,1-2H3;3-8H,1-2H3,(H,22,23,24);2H,1H2;1H4. The second kappa shape index (κ2) is 24.2. The van der Waals surface area contributed by atoms with E-state index in [-0.39, 0.29) is 66.8 Å². The molecule has 2 aromatic carbocycles. The molecule has 0 saturated heterocycles. The molecule has 69 heavy (non-hydrogen) atoms. The number of nitrogens with zero attached hydrogens (tertiary/aromatic N) is 3. The number of nitrogens with one attached hydrogen (secondary N) is 1. The molecule has 0 aliphatic heterocycles. The molecular formula is C42H35Br2Cl2F9N4O9S. The Bertz CT molecular complexity index is 3110. The van der Waals surface area contributed by atoms with Gasteiger partial charge in [0.05, 0.1) is 50.3 Å². The maximum atomic E-state index is 14.8. The van der Waals surface area contributed by atoms with Gasteiger partial charge in [0.15, 0.2) is 11.5 Å². The van der Waals surface area contributed by atoms with Gasteiger partial charge in [-0.2, -0.15) is 21.6 Å². The molecule has 6 aromatic rings. The molecule has 1 N–H and O–H groups in total. The van der Waals surface area contributed by atoms with E-state index in [0.717, 1.165) is 10.6 Å². The van der Waals surface area contributed by atoms with Crippen LogP contribution in [-0.4, -0.2) is 64.8 Å². The molecule has 0 bridgehead atoms. The number of fused-ring (bicyclic) bond motifs is 2. The molecule has 0 atom stereocenters. The zero-order valence-corrected chi connectivity index (χ0v) is 40.3. The fourth-order valence-corrected chi connectivity index (χ4v) is 7.04. The lowest BCUT2D eigenvalue weighted by atomic mass is 10.0. The van der Waals surface area contributed by atoms with Crippen LogP contribution in [0, 0.1) is 23.5 Å². The van der Waals surface area contributed by atoms with Crippen LogP contribution >= 0.6 is 55.1 Å². The molecule has 0 amide bonds. The van der Waals surface area contributed by atoms with Crippen LogP contribution in [0.4, 0.5) is 39.5 Å². The highest BCUT2D eigenvalue weighted by atomic mass is 79.9. The van der Waals surface area contributed by atoms with E-state index in [9.17, 15) is 67.1 Å². The molecule has 4 heterocycles.